The Bertz CT molecular complexity index is 3300. The van der Waals surface area contributed by atoms with E-state index in [1.165, 1.54) is 22.3 Å². The van der Waals surface area contributed by atoms with Gasteiger partial charge in [-0.25, -0.2) is 4.98 Å². The molecular weight excluding hydrogens is 779 g/mol. The third-order valence-corrected chi connectivity index (χ3v) is 12.9. The summed E-state index contributed by atoms with van der Waals surface area (Å²) in [4.78, 5) is 21.1. The quantitative estimate of drug-likeness (QED) is 0.161. The Balaban J connectivity index is 1.16. The lowest BCUT2D eigenvalue weighted by molar-refractivity contribution is 0.661. The molecule has 0 saturated carbocycles. The van der Waals surface area contributed by atoms with Gasteiger partial charge in [-0.2, -0.15) is 9.97 Å². The molecule has 0 bridgehead atoms. The van der Waals surface area contributed by atoms with Gasteiger partial charge in [-0.1, -0.05) is 159 Å². The highest BCUT2D eigenvalue weighted by molar-refractivity contribution is 6.11. The lowest BCUT2D eigenvalue weighted by atomic mass is 9.82. The summed E-state index contributed by atoms with van der Waals surface area (Å²) in [6, 6.07) is 71.1. The monoisotopic (exact) mass is 819 g/mol. The van der Waals surface area contributed by atoms with Crippen molar-refractivity contribution < 1.29 is 0 Å². The molecule has 1 aliphatic rings. The van der Waals surface area contributed by atoms with E-state index in [1.54, 1.807) is 0 Å². The Hall–Kier alpha value is -8.28. The van der Waals surface area contributed by atoms with Crippen LogP contribution in [0.4, 0.5) is 0 Å². The highest BCUT2D eigenvalue weighted by atomic mass is 15.2. The third-order valence-electron chi connectivity index (χ3n) is 12.9. The molecule has 5 nitrogen and oxygen atoms in total. The molecule has 11 aromatic rings. The Morgan fingerprint density at radius 2 is 0.812 bits per heavy atom. The zero-order valence-corrected chi connectivity index (χ0v) is 35.4. The molecule has 0 saturated heterocycles. The van der Waals surface area contributed by atoms with Crippen LogP contribution >= 0.6 is 0 Å². The van der Waals surface area contributed by atoms with Crippen LogP contribution in [0.5, 0.6) is 0 Å². The SMILES string of the molecule is CC1(C)c2ccccc2-c2cc3c4cnccc4n(-c4nc(-c5cc(-c6ccccc6)cc(-c6ccccc6)c5)nc(-c5cc(-c6ccccc6)cc(-c6ccccc6)c5)n4)c3cc21. The Kier molecular flexibility index (Phi) is 8.76. The third kappa shape index (κ3) is 6.32. The van der Waals surface area contributed by atoms with Crippen LogP contribution in [0, 0.1) is 0 Å². The van der Waals surface area contributed by atoms with Crippen molar-refractivity contribution in [1.82, 2.24) is 24.5 Å². The van der Waals surface area contributed by atoms with Crippen LogP contribution in [0.15, 0.2) is 213 Å². The lowest BCUT2D eigenvalue weighted by Gasteiger charge is -2.21. The summed E-state index contributed by atoms with van der Waals surface area (Å²) in [7, 11) is 0. The van der Waals surface area contributed by atoms with Crippen molar-refractivity contribution in [2.75, 3.05) is 0 Å². The van der Waals surface area contributed by atoms with Gasteiger partial charge in [0.2, 0.25) is 5.95 Å². The molecular formula is C59H41N5. The average molecular weight is 820 g/mol. The summed E-state index contributed by atoms with van der Waals surface area (Å²) < 4.78 is 2.22. The first-order chi connectivity index (χ1) is 31.5. The van der Waals surface area contributed by atoms with E-state index < -0.39 is 0 Å². The molecule has 64 heavy (non-hydrogen) atoms. The molecule has 302 valence electrons. The van der Waals surface area contributed by atoms with Gasteiger partial charge in [0.05, 0.1) is 11.0 Å². The van der Waals surface area contributed by atoms with Crippen LogP contribution in [0.25, 0.3) is 106 Å². The molecule has 0 aliphatic heterocycles. The van der Waals surface area contributed by atoms with Gasteiger partial charge in [0.1, 0.15) is 0 Å². The van der Waals surface area contributed by atoms with Gasteiger partial charge in [-0.3, -0.25) is 9.55 Å². The van der Waals surface area contributed by atoms with E-state index in [0.717, 1.165) is 77.4 Å². The van der Waals surface area contributed by atoms with E-state index in [4.69, 9.17) is 15.0 Å². The smallest absolute Gasteiger partial charge is 0.238 e. The second kappa shape index (κ2) is 15.0. The molecule has 1 aliphatic carbocycles. The van der Waals surface area contributed by atoms with E-state index in [0.29, 0.717) is 17.6 Å². The summed E-state index contributed by atoms with van der Waals surface area (Å²) in [6.07, 6.45) is 3.83. The molecule has 12 rings (SSSR count). The molecule has 3 aromatic heterocycles. The molecule has 8 aromatic carbocycles. The predicted molar refractivity (Wildman–Crippen MR) is 262 cm³/mol. The fourth-order valence-electron chi connectivity index (χ4n) is 9.70. The number of hydrogen-bond acceptors (Lipinski definition) is 4. The summed E-state index contributed by atoms with van der Waals surface area (Å²) in [6.45, 7) is 4.65. The predicted octanol–water partition coefficient (Wildman–Crippen LogP) is 14.7. The number of aromatic nitrogens is 5. The second-order valence-corrected chi connectivity index (χ2v) is 17.2. The number of rotatable bonds is 7. The van der Waals surface area contributed by atoms with Crippen LogP contribution in [0.1, 0.15) is 25.0 Å². The molecule has 0 radical (unpaired) electrons. The molecule has 0 atom stereocenters. The number of pyridine rings is 1. The standard InChI is InChI=1S/C59H41N5/c1-59(2)52-26-16-15-25-48(52)49-35-50-51-37-60-28-27-54(51)64(55(50)36-53(49)59)58-62-56(46-31-42(38-17-7-3-8-18-38)29-43(32-46)39-19-9-4-10-20-39)61-57(63-58)47-33-44(40-21-11-5-12-22-40)30-45(34-47)41-23-13-6-14-24-41/h3-37H,1-2H3. The largest absolute Gasteiger partial charge is 0.278 e. The fourth-order valence-corrected chi connectivity index (χ4v) is 9.70. The van der Waals surface area contributed by atoms with E-state index in [2.05, 4.69) is 224 Å². The van der Waals surface area contributed by atoms with Crippen LogP contribution in [-0.4, -0.2) is 24.5 Å². The maximum absolute atomic E-state index is 5.49. The Morgan fingerprint density at radius 1 is 0.359 bits per heavy atom. The fraction of sp³-hybridized carbons (Fsp3) is 0.0508. The van der Waals surface area contributed by atoms with Crippen molar-refractivity contribution in [3.05, 3.63) is 224 Å². The summed E-state index contributed by atoms with van der Waals surface area (Å²) in [5.41, 5.74) is 17.5. The van der Waals surface area contributed by atoms with Gasteiger partial charge in [-0.05, 0) is 121 Å². The number of fused-ring (bicyclic) bond motifs is 6. The minimum atomic E-state index is -0.202. The lowest BCUT2D eigenvalue weighted by Crippen LogP contribution is -2.15. The summed E-state index contributed by atoms with van der Waals surface area (Å²) in [5.74, 6) is 1.70. The van der Waals surface area contributed by atoms with Gasteiger partial charge in [-0.15, -0.1) is 0 Å². The summed E-state index contributed by atoms with van der Waals surface area (Å²) in [5, 5.41) is 2.15. The Morgan fingerprint density at radius 3 is 1.31 bits per heavy atom. The van der Waals surface area contributed by atoms with Crippen molar-refractivity contribution in [3.63, 3.8) is 0 Å². The van der Waals surface area contributed by atoms with Crippen molar-refractivity contribution >= 4 is 21.8 Å². The van der Waals surface area contributed by atoms with Crippen molar-refractivity contribution in [2.24, 2.45) is 0 Å². The topological polar surface area (TPSA) is 56.5 Å². The highest BCUT2D eigenvalue weighted by Crippen LogP contribution is 2.51. The zero-order valence-electron chi connectivity index (χ0n) is 35.4. The number of hydrogen-bond donors (Lipinski definition) is 0. The maximum atomic E-state index is 5.49. The van der Waals surface area contributed by atoms with Gasteiger partial charge < -0.3 is 0 Å². The normalized spacial score (nSPS) is 12.7. The molecule has 0 N–H and O–H groups in total. The summed E-state index contributed by atoms with van der Waals surface area (Å²) >= 11 is 0. The molecule has 0 fully saturated rings. The molecule has 0 unspecified atom stereocenters. The van der Waals surface area contributed by atoms with E-state index >= 15 is 0 Å². The van der Waals surface area contributed by atoms with E-state index in [9.17, 15) is 0 Å². The van der Waals surface area contributed by atoms with Gasteiger partial charge >= 0.3 is 0 Å². The number of nitrogens with zero attached hydrogens (tertiary/aromatic N) is 5. The molecule has 5 heteroatoms. The first-order valence-corrected chi connectivity index (χ1v) is 21.8. The molecule has 0 amide bonds. The second-order valence-electron chi connectivity index (χ2n) is 17.2. The zero-order chi connectivity index (χ0) is 42.8. The maximum Gasteiger partial charge on any atom is 0.238 e. The van der Waals surface area contributed by atoms with Crippen molar-refractivity contribution in [2.45, 2.75) is 19.3 Å². The highest BCUT2D eigenvalue weighted by Gasteiger charge is 2.36. The van der Waals surface area contributed by atoms with Gasteiger partial charge in [0.15, 0.2) is 11.6 Å². The van der Waals surface area contributed by atoms with Crippen molar-refractivity contribution in [3.8, 4) is 84.4 Å². The minimum absolute atomic E-state index is 0.202. The van der Waals surface area contributed by atoms with Crippen LogP contribution in [-0.2, 0) is 5.41 Å². The Labute approximate surface area is 372 Å². The van der Waals surface area contributed by atoms with Crippen molar-refractivity contribution in [1.29, 1.82) is 0 Å². The molecule has 3 heterocycles. The first-order valence-electron chi connectivity index (χ1n) is 21.8. The van der Waals surface area contributed by atoms with Crippen LogP contribution < -0.4 is 0 Å². The minimum Gasteiger partial charge on any atom is -0.278 e. The van der Waals surface area contributed by atoms with Crippen LogP contribution in [0.3, 0.4) is 0 Å². The van der Waals surface area contributed by atoms with Gasteiger partial charge in [0, 0.05) is 39.7 Å². The number of benzene rings is 8. The van der Waals surface area contributed by atoms with Crippen LogP contribution in [0.2, 0.25) is 0 Å². The average Bonchev–Trinajstić information content (AvgIpc) is 3.81. The first kappa shape index (κ1) is 37.5. The van der Waals surface area contributed by atoms with E-state index in [1.807, 2.05) is 12.4 Å². The van der Waals surface area contributed by atoms with Gasteiger partial charge in [0.25, 0.3) is 0 Å². The van der Waals surface area contributed by atoms with E-state index in [-0.39, 0.29) is 5.41 Å². The molecule has 0 spiro atoms.